The lowest BCUT2D eigenvalue weighted by molar-refractivity contribution is 0.462. The Kier molecular flexibility index (Phi) is 3.53. The van der Waals surface area contributed by atoms with E-state index in [0.29, 0.717) is 13.7 Å². The molecule has 0 aromatic carbocycles. The molecule has 0 unspecified atom stereocenters. The van der Waals surface area contributed by atoms with Crippen LogP contribution in [0.1, 0.15) is 26.7 Å². The van der Waals surface area contributed by atoms with Crippen LogP contribution in [-0.2, 0) is 8.43 Å². The lowest BCUT2D eigenvalue weighted by Gasteiger charge is -2.33. The molecule has 10 heavy (non-hydrogen) atoms. The molecule has 1 aliphatic heterocycles. The summed E-state index contributed by atoms with van der Waals surface area (Å²) in [5.41, 5.74) is 0. The van der Waals surface area contributed by atoms with Gasteiger partial charge in [-0.1, -0.05) is 26.7 Å². The van der Waals surface area contributed by atoms with Gasteiger partial charge in [-0.2, -0.15) is 0 Å². The highest BCUT2D eigenvalue weighted by Crippen LogP contribution is 2.39. The molecule has 60 valence electrons. The minimum atomic E-state index is -0.235. The third-order valence-corrected chi connectivity index (χ3v) is 8.92. The summed E-state index contributed by atoms with van der Waals surface area (Å²) in [6, 6.07) is 0. The summed E-state index contributed by atoms with van der Waals surface area (Å²) < 4.78 is 11.5. The molecule has 5 heteroatoms. The van der Waals surface area contributed by atoms with Gasteiger partial charge in [-0.25, -0.2) is 0 Å². The third kappa shape index (κ3) is 1.89. The summed E-state index contributed by atoms with van der Waals surface area (Å²) in [7, 11) is -0.0727. The second-order valence-corrected chi connectivity index (χ2v) is 9.92. The van der Waals surface area contributed by atoms with Gasteiger partial charge in [0.25, 0.3) is 0 Å². The van der Waals surface area contributed by atoms with Crippen molar-refractivity contribution < 1.29 is 8.43 Å². The van der Waals surface area contributed by atoms with Crippen LogP contribution in [0.2, 0.25) is 4.66 Å². The predicted octanol–water partition coefficient (Wildman–Crippen LogP) is 0.645. The first-order valence-electron chi connectivity index (χ1n) is 3.81. The normalized spacial score (nSPS) is 31.8. The smallest absolute Gasteiger partial charge is 0.174 e. The van der Waals surface area contributed by atoms with Crippen LogP contribution in [0.15, 0.2) is 0 Å². The molecule has 0 aromatic rings. The molecule has 0 amide bonds. The molecule has 1 aliphatic rings. The summed E-state index contributed by atoms with van der Waals surface area (Å²) >= 11 is 0. The second-order valence-electron chi connectivity index (χ2n) is 2.87. The lowest BCUT2D eigenvalue weighted by atomic mass is 10.2. The predicted molar refractivity (Wildman–Crippen MR) is 50.8 cm³/mol. The molecule has 0 saturated carbocycles. The van der Waals surface area contributed by atoms with Crippen molar-refractivity contribution in [3.05, 3.63) is 0 Å². The van der Waals surface area contributed by atoms with Crippen LogP contribution in [0.3, 0.4) is 0 Å². The van der Waals surface area contributed by atoms with Crippen LogP contribution in [0.4, 0.5) is 0 Å². The zero-order valence-corrected chi connectivity index (χ0v) is 10.5. The van der Waals surface area contributed by atoms with E-state index in [1.54, 1.807) is 0 Å². The van der Waals surface area contributed by atoms with Crippen molar-refractivity contribution in [2.45, 2.75) is 31.4 Å². The van der Waals surface area contributed by atoms with Gasteiger partial charge in [0.2, 0.25) is 0 Å². The van der Waals surface area contributed by atoms with Crippen LogP contribution in [0.25, 0.3) is 0 Å². The first-order chi connectivity index (χ1) is 4.83. The van der Waals surface area contributed by atoms with E-state index in [2.05, 4.69) is 13.8 Å². The Hall–Kier alpha value is 0.784. The van der Waals surface area contributed by atoms with E-state index in [9.17, 15) is 0 Å². The topological polar surface area (TPSA) is 18.5 Å². The molecule has 0 atom stereocenters. The van der Waals surface area contributed by atoms with Crippen LogP contribution >= 0.6 is 9.03 Å². The van der Waals surface area contributed by atoms with Crippen molar-refractivity contribution in [1.29, 1.82) is 0 Å². The van der Waals surface area contributed by atoms with Gasteiger partial charge in [0.05, 0.1) is 0 Å². The van der Waals surface area contributed by atoms with E-state index >= 15 is 0 Å². The minimum absolute atomic E-state index is 0.235. The minimum Gasteiger partial charge on any atom is -0.385 e. The monoisotopic (exact) mass is 194 g/mol. The number of hydrogen-bond donors (Lipinski definition) is 0. The molecule has 0 bridgehead atoms. The van der Waals surface area contributed by atoms with Crippen LogP contribution in [0, 0.1) is 0 Å². The van der Waals surface area contributed by atoms with Gasteiger partial charge in [-0.05, 0) is 4.66 Å². The number of rotatable bonds is 2. The summed E-state index contributed by atoms with van der Waals surface area (Å²) in [6.07, 6.45) is 2.57. The summed E-state index contributed by atoms with van der Waals surface area (Å²) in [4.78, 5) is 0. The van der Waals surface area contributed by atoms with Crippen molar-refractivity contribution in [1.82, 2.24) is 0 Å². The van der Waals surface area contributed by atoms with Crippen LogP contribution in [-0.4, -0.2) is 19.5 Å². The van der Waals surface area contributed by atoms with Gasteiger partial charge in [0, 0.05) is 0 Å². The Labute approximate surface area is 68.9 Å². The maximum absolute atomic E-state index is 5.45. The van der Waals surface area contributed by atoms with Crippen molar-refractivity contribution in [2.75, 3.05) is 0 Å². The van der Waals surface area contributed by atoms with Gasteiger partial charge >= 0.3 is 0 Å². The zero-order chi connectivity index (χ0) is 7.45. The first kappa shape index (κ1) is 8.88. The molecule has 0 aliphatic carbocycles. The van der Waals surface area contributed by atoms with E-state index in [0.717, 1.165) is 0 Å². The quantitative estimate of drug-likeness (QED) is 0.474. The van der Waals surface area contributed by atoms with E-state index in [1.807, 2.05) is 0 Å². The van der Waals surface area contributed by atoms with E-state index in [-0.39, 0.29) is 19.5 Å². The average molecular weight is 194 g/mol. The summed E-state index contributed by atoms with van der Waals surface area (Å²) in [5, 5.41) is 0. The molecular weight excluding hydrogens is 179 g/mol. The highest BCUT2D eigenvalue weighted by molar-refractivity contribution is 7.30. The Morgan fingerprint density at radius 2 is 1.70 bits per heavy atom. The van der Waals surface area contributed by atoms with Gasteiger partial charge in [0.15, 0.2) is 19.5 Å². The van der Waals surface area contributed by atoms with Gasteiger partial charge in [0.1, 0.15) is 9.03 Å². The molecule has 0 N–H and O–H groups in total. The maximum atomic E-state index is 5.45. The zero-order valence-electron chi connectivity index (χ0n) is 6.64. The first-order valence-corrected chi connectivity index (χ1v) is 7.20. The standard InChI is InChI=1S/C5H15O2PSi2/c1-3-5(4-2)9-6-8-7-10-5/h8H,3-4,9-10H2,1-2H3. The second kappa shape index (κ2) is 3.97. The maximum Gasteiger partial charge on any atom is 0.174 e. The van der Waals surface area contributed by atoms with Gasteiger partial charge in [-0.15, -0.1) is 0 Å². The van der Waals surface area contributed by atoms with Crippen LogP contribution in [0.5, 0.6) is 0 Å². The molecule has 1 fully saturated rings. The number of hydrogen-bond acceptors (Lipinski definition) is 2. The van der Waals surface area contributed by atoms with E-state index < -0.39 is 0 Å². The lowest BCUT2D eigenvalue weighted by Crippen LogP contribution is -2.30. The SMILES string of the molecule is CCC1(CC)[SiH2]OPO[SiH2]1. The molecule has 1 heterocycles. The summed E-state index contributed by atoms with van der Waals surface area (Å²) in [6.45, 7) is 4.54. The molecule has 1 saturated heterocycles. The van der Waals surface area contributed by atoms with Crippen molar-refractivity contribution in [3.8, 4) is 0 Å². The average Bonchev–Trinajstić information content (AvgIpc) is 2.06. The fourth-order valence-electron chi connectivity index (χ4n) is 1.11. The molecule has 2 nitrogen and oxygen atoms in total. The fraction of sp³-hybridized carbons (Fsp3) is 1.00. The highest BCUT2D eigenvalue weighted by Gasteiger charge is 2.31. The Balaban J connectivity index is 2.44. The molecule has 1 rings (SSSR count). The largest absolute Gasteiger partial charge is 0.385 e. The van der Waals surface area contributed by atoms with Crippen molar-refractivity contribution in [3.63, 3.8) is 0 Å². The van der Waals surface area contributed by atoms with E-state index in [1.165, 1.54) is 12.8 Å². The van der Waals surface area contributed by atoms with Gasteiger partial charge < -0.3 is 8.43 Å². The van der Waals surface area contributed by atoms with Crippen LogP contribution < -0.4 is 0 Å². The third-order valence-electron chi connectivity index (χ3n) is 2.37. The molecular formula is C5H15O2PSi2. The Morgan fingerprint density at radius 1 is 1.20 bits per heavy atom. The highest BCUT2D eigenvalue weighted by atomic mass is 31.1. The van der Waals surface area contributed by atoms with Crippen molar-refractivity contribution >= 4 is 28.6 Å². The summed E-state index contributed by atoms with van der Waals surface area (Å²) in [5.74, 6) is 0. The molecule has 0 spiro atoms. The Morgan fingerprint density at radius 3 is 2.00 bits per heavy atom. The van der Waals surface area contributed by atoms with Crippen molar-refractivity contribution in [2.24, 2.45) is 0 Å². The van der Waals surface area contributed by atoms with Gasteiger partial charge in [-0.3, -0.25) is 0 Å². The Bertz CT molecular complexity index is 99.8. The van der Waals surface area contributed by atoms with E-state index in [4.69, 9.17) is 8.43 Å². The fourth-order valence-corrected chi connectivity index (χ4v) is 8.10. The molecule has 0 radical (unpaired) electrons. The molecule has 0 aromatic heterocycles.